The third kappa shape index (κ3) is 4.79. The van der Waals surface area contributed by atoms with Gasteiger partial charge >= 0.3 is 0 Å². The van der Waals surface area contributed by atoms with Crippen LogP contribution in [0.25, 0.3) is 0 Å². The van der Waals surface area contributed by atoms with Crippen LogP contribution in [-0.2, 0) is 4.79 Å². The summed E-state index contributed by atoms with van der Waals surface area (Å²) in [5, 5.41) is 11.9. The van der Waals surface area contributed by atoms with Gasteiger partial charge in [-0.15, -0.1) is 0 Å². The Morgan fingerprint density at radius 2 is 1.91 bits per heavy atom. The summed E-state index contributed by atoms with van der Waals surface area (Å²) in [6.07, 6.45) is 0.923. The summed E-state index contributed by atoms with van der Waals surface area (Å²) >= 11 is 0. The second-order valence-electron chi connectivity index (χ2n) is 5.82. The molecule has 0 spiro atoms. The van der Waals surface area contributed by atoms with Gasteiger partial charge in [0, 0.05) is 6.07 Å². The number of benzene rings is 1. The molecule has 1 aromatic carbocycles. The molecule has 2 N–H and O–H groups in total. The van der Waals surface area contributed by atoms with Crippen molar-refractivity contribution < 1.29 is 14.6 Å². The lowest BCUT2D eigenvalue weighted by atomic mass is 10.1. The smallest absolute Gasteiger partial charge is 0.227 e. The maximum atomic E-state index is 11.6. The number of aliphatic hydroxyl groups is 1. The number of nitrogens with zero attached hydrogens (tertiary/aromatic N) is 1. The zero-order valence-electron chi connectivity index (χ0n) is 13.9. The summed E-state index contributed by atoms with van der Waals surface area (Å²) in [5.41, 5.74) is 3.87. The Kier molecular flexibility index (Phi) is 5.34. The number of anilines is 1. The first-order valence-electron chi connectivity index (χ1n) is 7.55. The van der Waals surface area contributed by atoms with Crippen molar-refractivity contribution in [3.63, 3.8) is 0 Å². The van der Waals surface area contributed by atoms with Crippen LogP contribution in [-0.4, -0.2) is 22.1 Å². The fourth-order valence-corrected chi connectivity index (χ4v) is 2.43. The first-order valence-corrected chi connectivity index (χ1v) is 7.55. The second kappa shape index (κ2) is 7.24. The van der Waals surface area contributed by atoms with E-state index in [9.17, 15) is 9.90 Å². The predicted octanol–water partition coefficient (Wildman–Crippen LogP) is 3.51. The Balaban J connectivity index is 2.07. The molecule has 0 saturated carbocycles. The van der Waals surface area contributed by atoms with Gasteiger partial charge in [0.25, 0.3) is 0 Å². The first kappa shape index (κ1) is 17.0. The van der Waals surface area contributed by atoms with Crippen molar-refractivity contribution in [3.05, 3.63) is 47.2 Å². The Morgan fingerprint density at radius 3 is 2.43 bits per heavy atom. The Morgan fingerprint density at radius 1 is 1.26 bits per heavy atom. The molecule has 122 valence electrons. The Labute approximate surface area is 136 Å². The SMILES string of the molecule is Cc1cc(C)c(Oc2ccc(NC(=O)CC(C)O)cn2)c(C)c1. The number of aryl methyl sites for hydroxylation is 3. The summed E-state index contributed by atoms with van der Waals surface area (Å²) in [6.45, 7) is 7.62. The summed E-state index contributed by atoms with van der Waals surface area (Å²) in [6, 6.07) is 7.55. The van der Waals surface area contributed by atoms with Gasteiger partial charge in [0.05, 0.1) is 24.4 Å². The monoisotopic (exact) mass is 314 g/mol. The van der Waals surface area contributed by atoms with Crippen molar-refractivity contribution in [2.45, 2.75) is 40.2 Å². The summed E-state index contributed by atoms with van der Waals surface area (Å²) in [4.78, 5) is 15.8. The van der Waals surface area contributed by atoms with Crippen molar-refractivity contribution >= 4 is 11.6 Å². The van der Waals surface area contributed by atoms with Crippen LogP contribution >= 0.6 is 0 Å². The number of hydrogen-bond donors (Lipinski definition) is 2. The number of carbonyl (C=O) groups is 1. The van der Waals surface area contributed by atoms with E-state index in [1.807, 2.05) is 20.8 Å². The van der Waals surface area contributed by atoms with Gasteiger partial charge in [-0.1, -0.05) is 17.7 Å². The molecule has 0 bridgehead atoms. The Hall–Kier alpha value is -2.40. The van der Waals surface area contributed by atoms with E-state index in [2.05, 4.69) is 22.4 Å². The van der Waals surface area contributed by atoms with Crippen LogP contribution < -0.4 is 10.1 Å². The van der Waals surface area contributed by atoms with Crippen LogP contribution in [0.5, 0.6) is 11.6 Å². The van der Waals surface area contributed by atoms with Gasteiger partial charge in [0.2, 0.25) is 11.8 Å². The lowest BCUT2D eigenvalue weighted by molar-refractivity contribution is -0.117. The molecule has 1 atom stereocenters. The van der Waals surface area contributed by atoms with Gasteiger partial charge in [0.1, 0.15) is 5.75 Å². The number of hydrogen-bond acceptors (Lipinski definition) is 4. The highest BCUT2D eigenvalue weighted by atomic mass is 16.5. The average Bonchev–Trinajstić information content (AvgIpc) is 2.43. The average molecular weight is 314 g/mol. The zero-order valence-corrected chi connectivity index (χ0v) is 13.9. The normalized spacial score (nSPS) is 11.9. The lowest BCUT2D eigenvalue weighted by Gasteiger charge is -2.12. The first-order chi connectivity index (χ1) is 10.8. The van der Waals surface area contributed by atoms with Crippen molar-refractivity contribution in [1.29, 1.82) is 0 Å². The topological polar surface area (TPSA) is 71.5 Å². The highest BCUT2D eigenvalue weighted by Crippen LogP contribution is 2.29. The second-order valence-corrected chi connectivity index (χ2v) is 5.82. The minimum absolute atomic E-state index is 0.0556. The van der Waals surface area contributed by atoms with Gasteiger partial charge in [-0.05, 0) is 44.9 Å². The maximum absolute atomic E-state index is 11.6. The van der Waals surface area contributed by atoms with E-state index in [-0.39, 0.29) is 12.3 Å². The molecule has 1 unspecified atom stereocenters. The quantitative estimate of drug-likeness (QED) is 0.886. The number of pyridine rings is 1. The highest BCUT2D eigenvalue weighted by molar-refractivity contribution is 5.90. The third-order valence-electron chi connectivity index (χ3n) is 3.31. The molecule has 2 rings (SSSR count). The van der Waals surface area contributed by atoms with Crippen molar-refractivity contribution in [2.75, 3.05) is 5.32 Å². The van der Waals surface area contributed by atoms with E-state index in [1.54, 1.807) is 19.1 Å². The zero-order chi connectivity index (χ0) is 17.0. The van der Waals surface area contributed by atoms with Gasteiger partial charge < -0.3 is 15.2 Å². The van der Waals surface area contributed by atoms with Crippen LogP contribution in [0.15, 0.2) is 30.5 Å². The molecule has 0 fully saturated rings. The van der Waals surface area contributed by atoms with Crippen LogP contribution in [0.1, 0.15) is 30.0 Å². The van der Waals surface area contributed by atoms with Crippen molar-refractivity contribution in [3.8, 4) is 11.6 Å². The van der Waals surface area contributed by atoms with E-state index >= 15 is 0 Å². The number of ether oxygens (including phenoxy) is 1. The molecule has 1 amide bonds. The molecular weight excluding hydrogens is 292 g/mol. The molecule has 1 aromatic heterocycles. The van der Waals surface area contributed by atoms with Gasteiger partial charge in [-0.3, -0.25) is 4.79 Å². The minimum Gasteiger partial charge on any atom is -0.438 e. The molecule has 1 heterocycles. The molecule has 23 heavy (non-hydrogen) atoms. The third-order valence-corrected chi connectivity index (χ3v) is 3.31. The van der Waals surface area contributed by atoms with E-state index in [0.29, 0.717) is 11.6 Å². The standard InChI is InChI=1S/C18H22N2O3/c1-11-7-12(2)18(13(3)8-11)23-17-6-5-15(10-19-17)20-16(22)9-14(4)21/h5-8,10,14,21H,9H2,1-4H3,(H,20,22). The molecular formula is C18H22N2O3. The number of aliphatic hydroxyl groups excluding tert-OH is 1. The van der Waals surface area contributed by atoms with Gasteiger partial charge in [0.15, 0.2) is 0 Å². The van der Waals surface area contributed by atoms with E-state index < -0.39 is 6.10 Å². The largest absolute Gasteiger partial charge is 0.438 e. The summed E-state index contributed by atoms with van der Waals surface area (Å²) in [5.74, 6) is 1.02. The lowest BCUT2D eigenvalue weighted by Crippen LogP contribution is -2.17. The number of rotatable bonds is 5. The molecule has 0 saturated heterocycles. The van der Waals surface area contributed by atoms with Crippen LogP contribution in [0.4, 0.5) is 5.69 Å². The Bertz CT molecular complexity index is 671. The summed E-state index contributed by atoms with van der Waals surface area (Å²) < 4.78 is 5.86. The fourth-order valence-electron chi connectivity index (χ4n) is 2.43. The van der Waals surface area contributed by atoms with Crippen LogP contribution in [0.2, 0.25) is 0 Å². The van der Waals surface area contributed by atoms with E-state index in [1.165, 1.54) is 11.8 Å². The maximum Gasteiger partial charge on any atom is 0.227 e. The minimum atomic E-state index is -0.668. The number of aromatic nitrogens is 1. The number of amides is 1. The molecule has 5 heteroatoms. The number of carbonyl (C=O) groups excluding carboxylic acids is 1. The van der Waals surface area contributed by atoms with Crippen molar-refractivity contribution in [2.24, 2.45) is 0 Å². The number of nitrogens with one attached hydrogen (secondary N) is 1. The van der Waals surface area contributed by atoms with Crippen LogP contribution in [0, 0.1) is 20.8 Å². The summed E-state index contributed by atoms with van der Waals surface area (Å²) in [7, 11) is 0. The van der Waals surface area contributed by atoms with Gasteiger partial charge in [-0.25, -0.2) is 4.98 Å². The van der Waals surface area contributed by atoms with E-state index in [4.69, 9.17) is 4.74 Å². The fraction of sp³-hybridized carbons (Fsp3) is 0.333. The van der Waals surface area contributed by atoms with E-state index in [0.717, 1.165) is 16.9 Å². The molecule has 5 nitrogen and oxygen atoms in total. The molecule has 0 aliphatic rings. The van der Waals surface area contributed by atoms with Crippen molar-refractivity contribution in [1.82, 2.24) is 4.98 Å². The van der Waals surface area contributed by atoms with Crippen LogP contribution in [0.3, 0.4) is 0 Å². The highest BCUT2D eigenvalue weighted by Gasteiger charge is 2.09. The molecule has 0 radical (unpaired) electrons. The molecule has 0 aliphatic carbocycles. The molecule has 2 aromatic rings. The molecule has 0 aliphatic heterocycles. The van der Waals surface area contributed by atoms with Gasteiger partial charge in [-0.2, -0.15) is 0 Å². The predicted molar refractivity (Wildman–Crippen MR) is 89.9 cm³/mol.